The van der Waals surface area contributed by atoms with Gasteiger partial charge in [-0.05, 0) is 71.1 Å². The van der Waals surface area contributed by atoms with E-state index < -0.39 is 50.9 Å². The van der Waals surface area contributed by atoms with Gasteiger partial charge in [0.15, 0.2) is 6.10 Å². The van der Waals surface area contributed by atoms with Gasteiger partial charge in [-0.3, -0.25) is 23.7 Å². The second-order valence-electron chi connectivity index (χ2n) is 17.7. The van der Waals surface area contributed by atoms with Crippen LogP contribution in [0.15, 0.2) is 24.3 Å². The molecule has 0 aromatic carbocycles. The Morgan fingerprint density at radius 2 is 1.05 bits per heavy atom. The second kappa shape index (κ2) is 37.4. The molecule has 0 bridgehead atoms. The van der Waals surface area contributed by atoms with Crippen molar-refractivity contribution < 1.29 is 51.6 Å². The highest BCUT2D eigenvalue weighted by atomic mass is 31.2. The van der Waals surface area contributed by atoms with Crippen molar-refractivity contribution in [2.24, 2.45) is 11.8 Å². The summed E-state index contributed by atoms with van der Waals surface area (Å²) in [6.07, 6.45) is 34.1. The summed E-state index contributed by atoms with van der Waals surface area (Å²) in [4.78, 5) is 63.7. The van der Waals surface area contributed by atoms with Crippen LogP contribution in [0.5, 0.6) is 0 Å². The number of hydrogen-bond acceptors (Lipinski definition) is 10. The van der Waals surface area contributed by atoms with E-state index in [2.05, 4.69) is 38.2 Å². The molecule has 0 spiro atoms. The molecule has 12 heteroatoms. The van der Waals surface area contributed by atoms with Crippen molar-refractivity contribution in [1.29, 1.82) is 0 Å². The normalized spacial score (nSPS) is 14.6. The molecule has 0 aromatic heterocycles. The lowest BCUT2D eigenvalue weighted by Gasteiger charge is -2.28. The van der Waals surface area contributed by atoms with Gasteiger partial charge in [0.2, 0.25) is 0 Å². The summed E-state index contributed by atoms with van der Waals surface area (Å²) in [6, 6.07) is 0. The van der Waals surface area contributed by atoms with Crippen molar-refractivity contribution in [3.05, 3.63) is 24.3 Å². The molecular formula is C48H88NO10P. The molecule has 60 heavy (non-hydrogen) atoms. The molecule has 0 aromatic rings. The topological polar surface area (TPSA) is 145 Å². The van der Waals surface area contributed by atoms with Gasteiger partial charge in [-0.1, -0.05) is 128 Å². The fourth-order valence-electron chi connectivity index (χ4n) is 6.89. The molecule has 350 valence electrons. The maximum Gasteiger partial charge on any atom is 0.306 e. The Morgan fingerprint density at radius 3 is 1.50 bits per heavy atom. The predicted molar refractivity (Wildman–Crippen MR) is 241 cm³/mol. The number of phosphoric ester groups is 1. The molecular weight excluding hydrogens is 781 g/mol. The van der Waals surface area contributed by atoms with Crippen molar-refractivity contribution in [3.63, 3.8) is 0 Å². The summed E-state index contributed by atoms with van der Waals surface area (Å²) < 4.78 is 33.3. The van der Waals surface area contributed by atoms with E-state index in [4.69, 9.17) is 18.5 Å². The van der Waals surface area contributed by atoms with E-state index in [1.54, 1.807) is 6.92 Å². The first-order valence-electron chi connectivity index (χ1n) is 23.7. The number of esters is 2. The fraction of sp³-hybridized carbons (Fsp3) is 0.833. The Balaban J connectivity index is 5.23. The number of ketones is 2. The van der Waals surface area contributed by atoms with Gasteiger partial charge in [0.25, 0.3) is 7.82 Å². The van der Waals surface area contributed by atoms with Crippen LogP contribution in [-0.4, -0.2) is 81.6 Å². The summed E-state index contributed by atoms with van der Waals surface area (Å²) in [5, 5.41) is 0. The summed E-state index contributed by atoms with van der Waals surface area (Å²) in [5.74, 6) is -2.53. The SMILES string of the molecule is CCCCCCCC/C=C\CCCCCC(CC(=O)C(CCCCC/C=C\CCCCCCCC)CC(=O)OC[C@H](COP(=O)([O-])OCC[N+](C)(C)C)OC(C)=O)C(C)=O. The number of hydrogen-bond donors (Lipinski definition) is 0. The van der Waals surface area contributed by atoms with Gasteiger partial charge in [0.05, 0.1) is 34.2 Å². The van der Waals surface area contributed by atoms with Crippen LogP contribution < -0.4 is 4.89 Å². The minimum absolute atomic E-state index is 0.0161. The summed E-state index contributed by atoms with van der Waals surface area (Å²) >= 11 is 0. The van der Waals surface area contributed by atoms with Gasteiger partial charge in [-0.2, -0.15) is 0 Å². The Hall–Kier alpha value is -2.17. The first-order valence-corrected chi connectivity index (χ1v) is 25.1. The summed E-state index contributed by atoms with van der Waals surface area (Å²) in [7, 11) is 0.960. The van der Waals surface area contributed by atoms with Gasteiger partial charge in [-0.15, -0.1) is 0 Å². The zero-order valence-corrected chi connectivity index (χ0v) is 40.1. The zero-order valence-electron chi connectivity index (χ0n) is 39.2. The minimum atomic E-state index is -4.71. The van der Waals surface area contributed by atoms with Crippen LogP contribution in [0, 0.1) is 11.8 Å². The number of carbonyl (C=O) groups excluding carboxylic acids is 4. The number of phosphoric acid groups is 1. The summed E-state index contributed by atoms with van der Waals surface area (Å²) in [6.45, 7) is 6.44. The summed E-state index contributed by atoms with van der Waals surface area (Å²) in [5.41, 5.74) is 0. The van der Waals surface area contributed by atoms with E-state index in [0.717, 1.165) is 71.1 Å². The van der Waals surface area contributed by atoms with Gasteiger partial charge in [0, 0.05) is 25.2 Å². The number of nitrogens with zero attached hydrogens (tertiary/aromatic N) is 1. The average Bonchev–Trinajstić information content (AvgIpc) is 3.17. The van der Waals surface area contributed by atoms with E-state index in [0.29, 0.717) is 23.9 Å². The molecule has 4 atom stereocenters. The molecule has 0 saturated carbocycles. The third kappa shape index (κ3) is 37.6. The predicted octanol–water partition coefficient (Wildman–Crippen LogP) is 11.4. The smallest absolute Gasteiger partial charge is 0.306 e. The van der Waals surface area contributed by atoms with Crippen LogP contribution in [-0.2, 0) is 42.3 Å². The Kier molecular flexibility index (Phi) is 36.0. The van der Waals surface area contributed by atoms with Crippen molar-refractivity contribution in [2.45, 2.75) is 201 Å². The van der Waals surface area contributed by atoms with Gasteiger partial charge in [-0.25, -0.2) is 0 Å². The molecule has 3 unspecified atom stereocenters. The molecule has 0 fully saturated rings. The number of ether oxygens (including phenoxy) is 2. The van der Waals surface area contributed by atoms with Crippen LogP contribution in [0.3, 0.4) is 0 Å². The lowest BCUT2D eigenvalue weighted by Crippen LogP contribution is -2.37. The molecule has 0 heterocycles. The maximum absolute atomic E-state index is 13.8. The van der Waals surface area contributed by atoms with E-state index >= 15 is 0 Å². The number of quaternary nitrogens is 1. The third-order valence-corrected chi connectivity index (χ3v) is 11.7. The maximum atomic E-state index is 13.8. The Labute approximate surface area is 366 Å². The molecule has 11 nitrogen and oxygen atoms in total. The molecule has 0 radical (unpaired) electrons. The quantitative estimate of drug-likeness (QED) is 0.0191. The Morgan fingerprint density at radius 1 is 0.600 bits per heavy atom. The molecule has 0 rings (SSSR count). The van der Waals surface area contributed by atoms with E-state index in [1.807, 2.05) is 21.1 Å². The highest BCUT2D eigenvalue weighted by Crippen LogP contribution is 2.38. The van der Waals surface area contributed by atoms with Crippen molar-refractivity contribution >= 4 is 31.3 Å². The fourth-order valence-corrected chi connectivity index (χ4v) is 7.61. The first kappa shape index (κ1) is 57.8. The number of rotatable bonds is 42. The zero-order chi connectivity index (χ0) is 44.9. The second-order valence-corrected chi connectivity index (χ2v) is 19.1. The number of Topliss-reactive ketones (excluding diaryl/α,β-unsaturated/α-hetero) is 2. The van der Waals surface area contributed by atoms with Crippen molar-refractivity contribution in [1.82, 2.24) is 0 Å². The van der Waals surface area contributed by atoms with E-state index in [1.165, 1.54) is 77.0 Å². The lowest BCUT2D eigenvalue weighted by atomic mass is 9.85. The van der Waals surface area contributed by atoms with Crippen LogP contribution in [0.25, 0.3) is 0 Å². The molecule has 0 aliphatic rings. The standard InChI is InChI=1S/C48H88NO10P/c1-8-10-12-14-16-18-20-22-24-26-28-30-32-34-44(42(3)50)38-47(52)45(35-33-31-29-27-25-23-21-19-17-15-13-11-9-2)39-48(53)56-40-46(59-43(4)51)41-58-60(54,55)57-37-36-49(5,6)7/h22-25,44-46H,8-21,26-41H2,1-7H3/b24-22-,25-23-/t44?,45?,46-/m1/s1. The monoisotopic (exact) mass is 870 g/mol. The number of likely N-dealkylation sites (N-methyl/N-ethyl adjacent to an activating group) is 1. The van der Waals surface area contributed by atoms with E-state index in [9.17, 15) is 28.6 Å². The highest BCUT2D eigenvalue weighted by Gasteiger charge is 2.28. The molecule has 0 saturated heterocycles. The van der Waals surface area contributed by atoms with Crippen molar-refractivity contribution in [2.75, 3.05) is 47.5 Å². The molecule has 0 aliphatic carbocycles. The lowest BCUT2D eigenvalue weighted by molar-refractivity contribution is -0.870. The van der Waals surface area contributed by atoms with Crippen LogP contribution in [0.1, 0.15) is 195 Å². The molecule has 0 aliphatic heterocycles. The van der Waals surface area contributed by atoms with Gasteiger partial charge in [0.1, 0.15) is 31.3 Å². The van der Waals surface area contributed by atoms with Gasteiger partial charge >= 0.3 is 11.9 Å². The third-order valence-electron chi connectivity index (χ3n) is 10.7. The number of carbonyl (C=O) groups is 4. The van der Waals surface area contributed by atoms with Gasteiger partial charge < -0.3 is 27.9 Å². The average molecular weight is 870 g/mol. The number of allylic oxidation sites excluding steroid dienone is 4. The van der Waals surface area contributed by atoms with Crippen LogP contribution in [0.2, 0.25) is 0 Å². The molecule has 0 amide bonds. The molecule has 0 N–H and O–H groups in total. The first-order chi connectivity index (χ1) is 28.6. The highest BCUT2D eigenvalue weighted by molar-refractivity contribution is 7.45. The van der Waals surface area contributed by atoms with E-state index in [-0.39, 0.29) is 31.0 Å². The largest absolute Gasteiger partial charge is 0.756 e. The van der Waals surface area contributed by atoms with Crippen LogP contribution in [0.4, 0.5) is 0 Å². The Bertz CT molecular complexity index is 1230. The van der Waals surface area contributed by atoms with Crippen LogP contribution >= 0.6 is 7.82 Å². The number of unbranched alkanes of at least 4 members (excludes halogenated alkanes) is 18. The van der Waals surface area contributed by atoms with Crippen molar-refractivity contribution in [3.8, 4) is 0 Å². The minimum Gasteiger partial charge on any atom is -0.756 e.